The molecule has 192 valence electrons. The van der Waals surface area contributed by atoms with Gasteiger partial charge < -0.3 is 15.0 Å². The number of hydrogen-bond donors (Lipinski definition) is 1. The van der Waals surface area contributed by atoms with Gasteiger partial charge in [-0.25, -0.2) is 4.39 Å². The molecule has 0 radical (unpaired) electrons. The Bertz CT molecular complexity index is 1450. The summed E-state index contributed by atoms with van der Waals surface area (Å²) in [7, 11) is 0. The van der Waals surface area contributed by atoms with Gasteiger partial charge in [-0.1, -0.05) is 66.2 Å². The summed E-state index contributed by atoms with van der Waals surface area (Å²) in [4.78, 5) is 27.9. The van der Waals surface area contributed by atoms with Crippen molar-refractivity contribution in [1.29, 1.82) is 0 Å². The maximum atomic E-state index is 13.6. The SMILES string of the molecule is Cc1cccc(C2c3cc(OCC(=O)NCc4cccc(F)c4)ccc3CCN2C(=O)c2ccccc2)c1. The molecule has 0 spiro atoms. The normalized spacial score (nSPS) is 14.5. The number of hydrogen-bond acceptors (Lipinski definition) is 3. The average molecular weight is 509 g/mol. The number of carbonyl (C=O) groups excluding carboxylic acids is 2. The molecule has 1 aliphatic heterocycles. The van der Waals surface area contributed by atoms with Crippen molar-refractivity contribution in [3.05, 3.63) is 136 Å². The first kappa shape index (κ1) is 25.2. The number of halogens is 1. The second-order valence-corrected chi connectivity index (χ2v) is 9.49. The molecular weight excluding hydrogens is 479 g/mol. The van der Waals surface area contributed by atoms with Gasteiger partial charge in [-0.2, -0.15) is 0 Å². The van der Waals surface area contributed by atoms with Crippen molar-refractivity contribution in [1.82, 2.24) is 10.2 Å². The summed E-state index contributed by atoms with van der Waals surface area (Å²) >= 11 is 0. The lowest BCUT2D eigenvalue weighted by Crippen LogP contribution is -2.40. The zero-order valence-electron chi connectivity index (χ0n) is 21.2. The summed E-state index contributed by atoms with van der Waals surface area (Å²) < 4.78 is 19.2. The van der Waals surface area contributed by atoms with Crippen molar-refractivity contribution in [3.63, 3.8) is 0 Å². The van der Waals surface area contributed by atoms with E-state index in [9.17, 15) is 14.0 Å². The molecule has 0 bridgehead atoms. The topological polar surface area (TPSA) is 58.6 Å². The van der Waals surface area contributed by atoms with E-state index in [-0.39, 0.29) is 36.8 Å². The Morgan fingerprint density at radius 1 is 0.947 bits per heavy atom. The second kappa shape index (κ2) is 11.3. The van der Waals surface area contributed by atoms with Crippen molar-refractivity contribution in [3.8, 4) is 5.75 Å². The van der Waals surface area contributed by atoms with Crippen LogP contribution in [0.1, 0.15) is 44.2 Å². The molecule has 2 amide bonds. The summed E-state index contributed by atoms with van der Waals surface area (Å²) in [5.41, 5.74) is 5.61. The van der Waals surface area contributed by atoms with Crippen LogP contribution >= 0.6 is 0 Å². The molecule has 0 aromatic heterocycles. The average Bonchev–Trinajstić information content (AvgIpc) is 2.94. The van der Waals surface area contributed by atoms with Crippen molar-refractivity contribution in [2.75, 3.05) is 13.2 Å². The quantitative estimate of drug-likeness (QED) is 0.353. The van der Waals surface area contributed by atoms with Gasteiger partial charge >= 0.3 is 0 Å². The number of benzene rings is 4. The zero-order valence-corrected chi connectivity index (χ0v) is 21.2. The van der Waals surface area contributed by atoms with E-state index in [1.54, 1.807) is 12.1 Å². The highest BCUT2D eigenvalue weighted by molar-refractivity contribution is 5.95. The van der Waals surface area contributed by atoms with Crippen LogP contribution in [0.4, 0.5) is 4.39 Å². The summed E-state index contributed by atoms with van der Waals surface area (Å²) in [6.45, 7) is 2.69. The fourth-order valence-corrected chi connectivity index (χ4v) is 4.90. The van der Waals surface area contributed by atoms with Crippen molar-refractivity contribution in [2.45, 2.75) is 25.9 Å². The van der Waals surface area contributed by atoms with Gasteiger partial charge in [0, 0.05) is 18.7 Å². The Morgan fingerprint density at radius 2 is 1.76 bits per heavy atom. The minimum Gasteiger partial charge on any atom is -0.484 e. The lowest BCUT2D eigenvalue weighted by atomic mass is 9.87. The van der Waals surface area contributed by atoms with E-state index in [0.717, 1.165) is 28.7 Å². The number of fused-ring (bicyclic) bond motifs is 1. The summed E-state index contributed by atoms with van der Waals surface area (Å²) in [5, 5.41) is 2.76. The van der Waals surface area contributed by atoms with Crippen LogP contribution in [0.25, 0.3) is 0 Å². The molecule has 0 aliphatic carbocycles. The Morgan fingerprint density at radius 3 is 2.55 bits per heavy atom. The highest BCUT2D eigenvalue weighted by atomic mass is 19.1. The van der Waals surface area contributed by atoms with Crippen molar-refractivity contribution >= 4 is 11.8 Å². The highest BCUT2D eigenvalue weighted by Crippen LogP contribution is 2.38. The van der Waals surface area contributed by atoms with Gasteiger partial charge in [-0.3, -0.25) is 9.59 Å². The summed E-state index contributed by atoms with van der Waals surface area (Å²) in [6, 6.07) is 29.2. The van der Waals surface area contributed by atoms with E-state index in [4.69, 9.17) is 4.74 Å². The number of amides is 2. The predicted octanol–water partition coefficient (Wildman–Crippen LogP) is 5.62. The molecule has 0 saturated heterocycles. The molecule has 1 atom stereocenters. The van der Waals surface area contributed by atoms with Crippen molar-refractivity contribution < 1.29 is 18.7 Å². The van der Waals surface area contributed by atoms with Gasteiger partial charge in [0.15, 0.2) is 6.61 Å². The molecule has 38 heavy (non-hydrogen) atoms. The van der Waals surface area contributed by atoms with E-state index in [1.165, 1.54) is 12.1 Å². The Kier molecular flexibility index (Phi) is 7.50. The van der Waals surface area contributed by atoms with Gasteiger partial charge in [0.2, 0.25) is 0 Å². The molecule has 5 nitrogen and oxygen atoms in total. The molecule has 0 saturated carbocycles. The fraction of sp³-hybridized carbons (Fsp3) is 0.188. The fourth-order valence-electron chi connectivity index (χ4n) is 4.90. The van der Waals surface area contributed by atoms with Gasteiger partial charge in [-0.15, -0.1) is 0 Å². The van der Waals surface area contributed by atoms with Gasteiger partial charge in [0.25, 0.3) is 11.8 Å². The zero-order chi connectivity index (χ0) is 26.5. The first-order chi connectivity index (χ1) is 18.5. The molecule has 0 fully saturated rings. The third kappa shape index (κ3) is 5.75. The predicted molar refractivity (Wildman–Crippen MR) is 144 cm³/mol. The molecule has 1 heterocycles. The van der Waals surface area contributed by atoms with Crippen LogP contribution in [0.5, 0.6) is 5.75 Å². The Balaban J connectivity index is 1.37. The maximum Gasteiger partial charge on any atom is 0.258 e. The molecule has 1 aliphatic rings. The van der Waals surface area contributed by atoms with Gasteiger partial charge in [0.05, 0.1) is 6.04 Å². The highest BCUT2D eigenvalue weighted by Gasteiger charge is 2.33. The number of aryl methyl sites for hydroxylation is 1. The molecular formula is C32H29FN2O3. The van der Waals surface area contributed by atoms with Crippen molar-refractivity contribution in [2.24, 2.45) is 0 Å². The van der Waals surface area contributed by atoms with Gasteiger partial charge in [-0.05, 0) is 72.0 Å². The smallest absolute Gasteiger partial charge is 0.258 e. The molecule has 5 rings (SSSR count). The van der Waals surface area contributed by atoms with Crippen LogP contribution < -0.4 is 10.1 Å². The first-order valence-corrected chi connectivity index (χ1v) is 12.7. The van der Waals surface area contributed by atoms with Crippen LogP contribution in [0.3, 0.4) is 0 Å². The second-order valence-electron chi connectivity index (χ2n) is 9.49. The number of ether oxygens (including phenoxy) is 1. The van der Waals surface area contributed by atoms with Crippen LogP contribution in [-0.4, -0.2) is 29.9 Å². The largest absolute Gasteiger partial charge is 0.484 e. The molecule has 1 unspecified atom stereocenters. The standard InChI is InChI=1S/C32H29FN2O3/c1-22-7-5-11-26(17-22)31-29-19-28(38-21-30(36)34-20-23-8-6-12-27(33)18-23)14-13-24(29)15-16-35(31)32(37)25-9-3-2-4-10-25/h2-14,17-19,31H,15-16,20-21H2,1H3,(H,34,36). The maximum absolute atomic E-state index is 13.6. The number of rotatable bonds is 7. The van der Waals surface area contributed by atoms with Gasteiger partial charge in [0.1, 0.15) is 11.6 Å². The van der Waals surface area contributed by atoms with Crippen LogP contribution in [0.15, 0.2) is 97.1 Å². The number of carbonyl (C=O) groups is 2. The van der Waals surface area contributed by atoms with E-state index in [2.05, 4.69) is 11.4 Å². The Labute approximate surface area is 221 Å². The summed E-state index contributed by atoms with van der Waals surface area (Å²) in [5.74, 6) is -0.116. The molecule has 4 aromatic carbocycles. The Hall–Kier alpha value is -4.45. The van der Waals surface area contributed by atoms with E-state index < -0.39 is 0 Å². The summed E-state index contributed by atoms with van der Waals surface area (Å²) in [6.07, 6.45) is 0.727. The lowest BCUT2D eigenvalue weighted by Gasteiger charge is -2.38. The molecule has 6 heteroatoms. The monoisotopic (exact) mass is 508 g/mol. The third-order valence-electron chi connectivity index (χ3n) is 6.73. The van der Waals surface area contributed by atoms with E-state index >= 15 is 0 Å². The van der Waals surface area contributed by atoms with E-state index in [1.807, 2.05) is 78.6 Å². The molecule has 4 aromatic rings. The minimum atomic E-state index is -0.343. The third-order valence-corrected chi connectivity index (χ3v) is 6.73. The minimum absolute atomic E-state index is 0.0224. The lowest BCUT2D eigenvalue weighted by molar-refractivity contribution is -0.123. The van der Waals surface area contributed by atoms with E-state index in [0.29, 0.717) is 23.4 Å². The molecule has 1 N–H and O–H groups in total. The first-order valence-electron chi connectivity index (χ1n) is 12.7. The van der Waals surface area contributed by atoms with Crippen LogP contribution in [0.2, 0.25) is 0 Å². The van der Waals surface area contributed by atoms with Crippen LogP contribution in [-0.2, 0) is 17.8 Å². The number of nitrogens with zero attached hydrogens (tertiary/aromatic N) is 1. The number of nitrogens with one attached hydrogen (secondary N) is 1. The van der Waals surface area contributed by atoms with Crippen LogP contribution in [0, 0.1) is 12.7 Å².